The minimum atomic E-state index is -0.230. The molecule has 2 heterocycles. The number of nitrogens with one attached hydrogen (secondary N) is 2. The molecule has 2 N–H and O–H groups in total. The summed E-state index contributed by atoms with van der Waals surface area (Å²) in [5.74, 6) is 2.08. The molecular weight excluding hydrogens is 376 g/mol. The second-order valence-electron chi connectivity index (χ2n) is 8.53. The number of amides is 1. The predicted octanol–water partition coefficient (Wildman–Crippen LogP) is 3.94. The molecule has 0 bridgehead atoms. The van der Waals surface area contributed by atoms with Crippen molar-refractivity contribution in [1.29, 1.82) is 0 Å². The van der Waals surface area contributed by atoms with E-state index in [1.165, 1.54) is 6.42 Å². The summed E-state index contributed by atoms with van der Waals surface area (Å²) in [7, 11) is 0. The second-order valence-corrected chi connectivity index (χ2v) is 8.53. The van der Waals surface area contributed by atoms with Gasteiger partial charge in [-0.1, -0.05) is 18.9 Å². The lowest BCUT2D eigenvalue weighted by Crippen LogP contribution is -2.44. The number of hydrogen-bond acceptors (Lipinski definition) is 4. The Labute approximate surface area is 174 Å². The third-order valence-corrected chi connectivity index (χ3v) is 6.75. The van der Waals surface area contributed by atoms with Gasteiger partial charge in [0, 0.05) is 31.5 Å². The van der Waals surface area contributed by atoms with Crippen LogP contribution in [0.15, 0.2) is 18.2 Å². The lowest BCUT2D eigenvalue weighted by Gasteiger charge is -2.37. The van der Waals surface area contributed by atoms with Crippen molar-refractivity contribution in [2.24, 2.45) is 17.3 Å². The number of fused-ring (bicyclic) bond motifs is 1. The van der Waals surface area contributed by atoms with Crippen LogP contribution in [0, 0.1) is 24.2 Å². The molecule has 1 aromatic carbocycles. The fraction of sp³-hybridized carbons (Fsp3) is 0.682. The number of halogens is 1. The maximum Gasteiger partial charge on any atom is 0.232 e. The monoisotopic (exact) mass is 408 g/mol. The molecule has 28 heavy (non-hydrogen) atoms. The van der Waals surface area contributed by atoms with Gasteiger partial charge in [0.1, 0.15) is 5.75 Å². The highest BCUT2D eigenvalue weighted by Crippen LogP contribution is 2.44. The Morgan fingerprint density at radius 1 is 1.29 bits per heavy atom. The van der Waals surface area contributed by atoms with Crippen molar-refractivity contribution < 1.29 is 14.3 Å². The lowest BCUT2D eigenvalue weighted by atomic mass is 9.67. The molecule has 0 radical (unpaired) electrons. The smallest absolute Gasteiger partial charge is 0.232 e. The normalized spacial score (nSPS) is 27.5. The van der Waals surface area contributed by atoms with Crippen molar-refractivity contribution in [3.8, 4) is 5.75 Å². The lowest BCUT2D eigenvalue weighted by molar-refractivity contribution is -0.128. The van der Waals surface area contributed by atoms with Gasteiger partial charge in [0.05, 0.1) is 12.0 Å². The van der Waals surface area contributed by atoms with Crippen molar-refractivity contribution in [1.82, 2.24) is 5.32 Å². The molecule has 5 nitrogen and oxygen atoms in total. The molecule has 156 valence electrons. The Bertz CT molecular complexity index is 678. The van der Waals surface area contributed by atoms with Gasteiger partial charge >= 0.3 is 0 Å². The summed E-state index contributed by atoms with van der Waals surface area (Å²) in [5, 5.41) is 6.65. The fourth-order valence-corrected chi connectivity index (χ4v) is 4.90. The number of ether oxygens (including phenoxy) is 2. The van der Waals surface area contributed by atoms with Crippen LogP contribution in [0.5, 0.6) is 5.75 Å². The number of benzene rings is 1. The van der Waals surface area contributed by atoms with Gasteiger partial charge in [-0.3, -0.25) is 4.79 Å². The first-order chi connectivity index (χ1) is 13.2. The molecule has 6 heteroatoms. The number of carbonyl (C=O) groups excluding carboxylic acids is 1. The van der Waals surface area contributed by atoms with Crippen LogP contribution in [-0.4, -0.2) is 38.8 Å². The van der Waals surface area contributed by atoms with Crippen molar-refractivity contribution in [3.05, 3.63) is 23.8 Å². The van der Waals surface area contributed by atoms with Crippen molar-refractivity contribution in [2.75, 3.05) is 38.2 Å². The highest BCUT2D eigenvalue weighted by molar-refractivity contribution is 5.96. The Hall–Kier alpha value is -1.30. The molecule has 1 aliphatic carbocycles. The van der Waals surface area contributed by atoms with Crippen LogP contribution in [0.2, 0.25) is 0 Å². The summed E-state index contributed by atoms with van der Waals surface area (Å²) in [6.07, 6.45) is 6.68. The average Bonchev–Trinajstić information content (AvgIpc) is 3.14. The zero-order valence-electron chi connectivity index (χ0n) is 16.8. The van der Waals surface area contributed by atoms with E-state index in [9.17, 15) is 4.79 Å². The van der Waals surface area contributed by atoms with Crippen LogP contribution in [0.3, 0.4) is 0 Å². The number of anilines is 1. The van der Waals surface area contributed by atoms with Gasteiger partial charge in [-0.25, -0.2) is 0 Å². The molecule has 3 fully saturated rings. The van der Waals surface area contributed by atoms with Gasteiger partial charge in [-0.15, -0.1) is 12.4 Å². The van der Waals surface area contributed by atoms with Crippen LogP contribution in [-0.2, 0) is 9.53 Å². The molecule has 1 amide bonds. The summed E-state index contributed by atoms with van der Waals surface area (Å²) >= 11 is 0. The minimum Gasteiger partial charge on any atom is -0.493 e. The molecule has 2 atom stereocenters. The van der Waals surface area contributed by atoms with E-state index in [0.717, 1.165) is 82.0 Å². The third-order valence-electron chi connectivity index (χ3n) is 6.75. The first-order valence-corrected chi connectivity index (χ1v) is 10.5. The van der Waals surface area contributed by atoms with E-state index < -0.39 is 0 Å². The van der Waals surface area contributed by atoms with E-state index >= 15 is 0 Å². The Morgan fingerprint density at radius 2 is 2.11 bits per heavy atom. The Morgan fingerprint density at radius 3 is 2.93 bits per heavy atom. The molecule has 1 saturated carbocycles. The first-order valence-electron chi connectivity index (χ1n) is 10.5. The fourth-order valence-electron chi connectivity index (χ4n) is 4.90. The van der Waals surface area contributed by atoms with Crippen molar-refractivity contribution in [2.45, 2.75) is 45.4 Å². The minimum absolute atomic E-state index is 0. The van der Waals surface area contributed by atoms with Crippen LogP contribution < -0.4 is 15.4 Å². The number of aryl methyl sites for hydroxylation is 1. The van der Waals surface area contributed by atoms with Crippen LogP contribution >= 0.6 is 12.4 Å². The van der Waals surface area contributed by atoms with Gasteiger partial charge in [-0.05, 0) is 62.6 Å². The van der Waals surface area contributed by atoms with Crippen LogP contribution in [0.4, 0.5) is 5.69 Å². The zero-order valence-corrected chi connectivity index (χ0v) is 17.6. The number of rotatable bonds is 5. The molecule has 4 rings (SSSR count). The molecule has 3 aliphatic rings. The summed E-state index contributed by atoms with van der Waals surface area (Å²) < 4.78 is 11.5. The molecule has 1 aromatic rings. The zero-order chi connectivity index (χ0) is 18.7. The maximum absolute atomic E-state index is 13.2. The maximum atomic E-state index is 13.2. The summed E-state index contributed by atoms with van der Waals surface area (Å²) in [6.45, 7) is 6.23. The first kappa shape index (κ1) is 21.4. The van der Waals surface area contributed by atoms with Gasteiger partial charge < -0.3 is 20.1 Å². The topological polar surface area (TPSA) is 59.6 Å². The second kappa shape index (κ2) is 9.47. The molecule has 0 unspecified atom stereocenters. The quantitative estimate of drug-likeness (QED) is 0.774. The van der Waals surface area contributed by atoms with Crippen LogP contribution in [0.25, 0.3) is 0 Å². The van der Waals surface area contributed by atoms with E-state index in [1.54, 1.807) is 0 Å². The van der Waals surface area contributed by atoms with Crippen molar-refractivity contribution in [3.63, 3.8) is 0 Å². The third kappa shape index (κ3) is 4.47. The molecule has 0 aromatic heterocycles. The SMILES string of the molecule is Cc1ccc(NC(=O)[C@@]23CCCC[C@H]2CNC3)cc1OCC1CCOCC1.Cl. The molecule has 2 aliphatic heterocycles. The van der Waals surface area contributed by atoms with Gasteiger partial charge in [0.25, 0.3) is 0 Å². The highest BCUT2D eigenvalue weighted by atomic mass is 35.5. The summed E-state index contributed by atoms with van der Waals surface area (Å²) in [4.78, 5) is 13.2. The van der Waals surface area contributed by atoms with Crippen molar-refractivity contribution >= 4 is 24.0 Å². The van der Waals surface area contributed by atoms with Gasteiger partial charge in [-0.2, -0.15) is 0 Å². The molecule has 2 saturated heterocycles. The molecular formula is C22H33ClN2O3. The molecule has 0 spiro atoms. The summed E-state index contributed by atoms with van der Waals surface area (Å²) in [5.41, 5.74) is 1.72. The predicted molar refractivity (Wildman–Crippen MR) is 113 cm³/mol. The number of carbonyl (C=O) groups is 1. The summed E-state index contributed by atoms with van der Waals surface area (Å²) in [6, 6.07) is 6.02. The Balaban J connectivity index is 0.00000225. The van der Waals surface area contributed by atoms with Gasteiger partial charge in [0.15, 0.2) is 0 Å². The van der Waals surface area contributed by atoms with E-state index in [1.807, 2.05) is 18.2 Å². The average molecular weight is 409 g/mol. The standard InChI is InChI=1S/C22H32N2O3.ClH/c1-16-5-6-19(12-20(16)27-14-17-7-10-26-11-8-17)24-21(25)22-9-3-2-4-18(22)13-23-15-22;/h5-6,12,17-18,23H,2-4,7-11,13-15H2,1H3,(H,24,25);1H/t18-,22+;/m0./s1. The number of hydrogen-bond donors (Lipinski definition) is 2. The van der Waals surface area contributed by atoms with E-state index in [2.05, 4.69) is 17.6 Å². The van der Waals surface area contributed by atoms with E-state index in [-0.39, 0.29) is 23.7 Å². The Kier molecular flexibility index (Phi) is 7.24. The highest BCUT2D eigenvalue weighted by Gasteiger charge is 2.49. The van der Waals surface area contributed by atoms with E-state index in [4.69, 9.17) is 9.47 Å². The van der Waals surface area contributed by atoms with E-state index in [0.29, 0.717) is 11.8 Å². The largest absolute Gasteiger partial charge is 0.493 e. The van der Waals surface area contributed by atoms with Gasteiger partial charge in [0.2, 0.25) is 5.91 Å². The van der Waals surface area contributed by atoms with Crippen LogP contribution in [0.1, 0.15) is 44.1 Å².